The summed E-state index contributed by atoms with van der Waals surface area (Å²) in [4.78, 5) is 11.6. The van der Waals surface area contributed by atoms with E-state index in [1.807, 2.05) is 24.3 Å². The molecule has 0 radical (unpaired) electrons. The van der Waals surface area contributed by atoms with E-state index >= 15 is 0 Å². The lowest BCUT2D eigenvalue weighted by Gasteiger charge is -2.08. The minimum absolute atomic E-state index is 0.0170. The van der Waals surface area contributed by atoms with Gasteiger partial charge in [0.1, 0.15) is 5.75 Å². The summed E-state index contributed by atoms with van der Waals surface area (Å²) in [5.41, 5.74) is 0.802. The van der Waals surface area contributed by atoms with Crippen molar-refractivity contribution < 1.29 is 9.53 Å². The number of anilines is 1. The van der Waals surface area contributed by atoms with Crippen LogP contribution in [0.15, 0.2) is 24.3 Å². The first-order valence-corrected chi connectivity index (χ1v) is 7.99. The molecule has 21 heavy (non-hydrogen) atoms. The van der Waals surface area contributed by atoms with Gasteiger partial charge >= 0.3 is 0 Å². The second-order valence-electron chi connectivity index (χ2n) is 5.16. The van der Waals surface area contributed by atoms with E-state index < -0.39 is 0 Å². The smallest absolute Gasteiger partial charge is 0.238 e. The molecule has 4 heteroatoms. The van der Waals surface area contributed by atoms with Crippen LogP contribution < -0.4 is 15.4 Å². The molecule has 0 spiro atoms. The highest BCUT2D eigenvalue weighted by Crippen LogP contribution is 2.16. The third-order valence-electron chi connectivity index (χ3n) is 3.12. The van der Waals surface area contributed by atoms with Gasteiger partial charge in [-0.1, -0.05) is 33.1 Å². The molecular formula is C17H28N2O2. The largest absolute Gasteiger partial charge is 0.494 e. The molecule has 1 aromatic carbocycles. The van der Waals surface area contributed by atoms with Gasteiger partial charge in [0, 0.05) is 5.69 Å². The Balaban J connectivity index is 2.25. The summed E-state index contributed by atoms with van der Waals surface area (Å²) in [5, 5.41) is 5.93. The van der Waals surface area contributed by atoms with Crippen molar-refractivity contribution in [3.8, 4) is 5.75 Å². The summed E-state index contributed by atoms with van der Waals surface area (Å²) in [5.74, 6) is 0.838. The maximum Gasteiger partial charge on any atom is 0.238 e. The highest BCUT2D eigenvalue weighted by Gasteiger charge is 2.01. The number of rotatable bonds is 11. The van der Waals surface area contributed by atoms with E-state index in [1.165, 1.54) is 19.3 Å². The van der Waals surface area contributed by atoms with Crippen LogP contribution in [0.5, 0.6) is 5.75 Å². The number of amides is 1. The van der Waals surface area contributed by atoms with Crippen molar-refractivity contribution in [2.24, 2.45) is 0 Å². The molecule has 0 heterocycles. The highest BCUT2D eigenvalue weighted by molar-refractivity contribution is 5.92. The number of hydrogen-bond donors (Lipinski definition) is 2. The van der Waals surface area contributed by atoms with Gasteiger partial charge in [-0.2, -0.15) is 0 Å². The van der Waals surface area contributed by atoms with Crippen molar-refractivity contribution >= 4 is 11.6 Å². The van der Waals surface area contributed by atoms with Crippen LogP contribution in [0.4, 0.5) is 5.69 Å². The van der Waals surface area contributed by atoms with Crippen LogP contribution in [0, 0.1) is 0 Å². The van der Waals surface area contributed by atoms with Gasteiger partial charge in [-0.3, -0.25) is 4.79 Å². The van der Waals surface area contributed by atoms with E-state index in [4.69, 9.17) is 4.74 Å². The third-order valence-corrected chi connectivity index (χ3v) is 3.12. The van der Waals surface area contributed by atoms with Crippen LogP contribution in [-0.4, -0.2) is 25.6 Å². The molecular weight excluding hydrogens is 264 g/mol. The first-order chi connectivity index (χ1) is 10.3. The van der Waals surface area contributed by atoms with Crippen molar-refractivity contribution in [2.45, 2.75) is 46.0 Å². The van der Waals surface area contributed by atoms with Crippen LogP contribution in [0.3, 0.4) is 0 Å². The summed E-state index contributed by atoms with van der Waals surface area (Å²) < 4.78 is 5.67. The molecule has 0 aliphatic rings. The van der Waals surface area contributed by atoms with E-state index in [-0.39, 0.29) is 5.91 Å². The first kappa shape index (κ1) is 17.5. The summed E-state index contributed by atoms with van der Waals surface area (Å²) >= 11 is 0. The Hall–Kier alpha value is -1.55. The molecule has 1 rings (SSSR count). The second-order valence-corrected chi connectivity index (χ2v) is 5.16. The van der Waals surface area contributed by atoms with Crippen LogP contribution in [0.2, 0.25) is 0 Å². The number of ether oxygens (including phenoxy) is 1. The van der Waals surface area contributed by atoms with Crippen LogP contribution in [-0.2, 0) is 4.79 Å². The predicted molar refractivity (Wildman–Crippen MR) is 87.9 cm³/mol. The number of carbonyl (C=O) groups is 1. The molecule has 0 aromatic heterocycles. The van der Waals surface area contributed by atoms with Gasteiger partial charge in [-0.25, -0.2) is 0 Å². The summed E-state index contributed by atoms with van der Waals surface area (Å²) in [6, 6.07) is 7.54. The zero-order chi connectivity index (χ0) is 15.3. The maximum atomic E-state index is 11.6. The average Bonchev–Trinajstić information content (AvgIpc) is 2.49. The molecule has 0 saturated carbocycles. The van der Waals surface area contributed by atoms with E-state index in [1.54, 1.807) is 0 Å². The van der Waals surface area contributed by atoms with Crippen molar-refractivity contribution in [1.82, 2.24) is 5.32 Å². The molecule has 4 nitrogen and oxygen atoms in total. The Labute approximate surface area is 128 Å². The molecule has 118 valence electrons. The molecule has 0 bridgehead atoms. The van der Waals surface area contributed by atoms with Gasteiger partial charge in [0.05, 0.1) is 13.2 Å². The Morgan fingerprint density at radius 2 is 1.81 bits per heavy atom. The molecule has 0 aliphatic carbocycles. The lowest BCUT2D eigenvalue weighted by Crippen LogP contribution is -2.28. The fourth-order valence-corrected chi connectivity index (χ4v) is 1.94. The molecule has 0 unspecified atom stereocenters. The number of carbonyl (C=O) groups excluding carboxylic acids is 1. The minimum atomic E-state index is -0.0170. The van der Waals surface area contributed by atoms with E-state index in [9.17, 15) is 4.79 Å². The van der Waals surface area contributed by atoms with Gasteiger partial charge in [0.25, 0.3) is 0 Å². The number of unbranched alkanes of at least 4 members (excludes halogenated alkanes) is 3. The van der Waals surface area contributed by atoms with E-state index in [0.717, 1.165) is 37.4 Å². The molecule has 0 aliphatic heterocycles. The van der Waals surface area contributed by atoms with Gasteiger partial charge in [0.2, 0.25) is 5.91 Å². The SMILES string of the molecule is CCCCCCOc1ccc(NC(=O)CNCCC)cc1. The monoisotopic (exact) mass is 292 g/mol. The molecule has 1 aromatic rings. The summed E-state index contributed by atoms with van der Waals surface area (Å²) in [6.45, 7) is 6.24. The van der Waals surface area contributed by atoms with Crippen LogP contribution in [0.25, 0.3) is 0 Å². The van der Waals surface area contributed by atoms with E-state index in [0.29, 0.717) is 6.54 Å². The predicted octanol–water partition coefficient (Wildman–Crippen LogP) is 3.58. The Morgan fingerprint density at radius 3 is 2.48 bits per heavy atom. The number of benzene rings is 1. The van der Waals surface area contributed by atoms with Crippen molar-refractivity contribution in [2.75, 3.05) is 25.0 Å². The Morgan fingerprint density at radius 1 is 1.05 bits per heavy atom. The van der Waals surface area contributed by atoms with Crippen molar-refractivity contribution in [3.63, 3.8) is 0 Å². The molecule has 0 saturated heterocycles. The Kier molecular flexibility index (Phi) is 9.29. The highest BCUT2D eigenvalue weighted by atomic mass is 16.5. The molecule has 1 amide bonds. The van der Waals surface area contributed by atoms with Crippen molar-refractivity contribution in [3.05, 3.63) is 24.3 Å². The fraction of sp³-hybridized carbons (Fsp3) is 0.588. The lowest BCUT2D eigenvalue weighted by molar-refractivity contribution is -0.115. The average molecular weight is 292 g/mol. The van der Waals surface area contributed by atoms with Gasteiger partial charge in [-0.15, -0.1) is 0 Å². The van der Waals surface area contributed by atoms with Crippen molar-refractivity contribution in [1.29, 1.82) is 0 Å². The lowest BCUT2D eigenvalue weighted by atomic mass is 10.2. The van der Waals surface area contributed by atoms with Crippen LogP contribution >= 0.6 is 0 Å². The second kappa shape index (κ2) is 11.1. The Bertz CT molecular complexity index is 390. The summed E-state index contributed by atoms with van der Waals surface area (Å²) in [6.07, 6.45) is 5.84. The minimum Gasteiger partial charge on any atom is -0.494 e. The zero-order valence-corrected chi connectivity index (χ0v) is 13.3. The van der Waals surface area contributed by atoms with Gasteiger partial charge in [0.15, 0.2) is 0 Å². The standard InChI is InChI=1S/C17H28N2O2/c1-3-5-6-7-13-21-16-10-8-15(9-11-16)19-17(20)14-18-12-4-2/h8-11,18H,3-7,12-14H2,1-2H3,(H,19,20). The number of hydrogen-bond acceptors (Lipinski definition) is 3. The molecule has 2 N–H and O–H groups in total. The molecule has 0 fully saturated rings. The zero-order valence-electron chi connectivity index (χ0n) is 13.3. The quantitative estimate of drug-likeness (QED) is 0.613. The summed E-state index contributed by atoms with van der Waals surface area (Å²) in [7, 11) is 0. The fourth-order valence-electron chi connectivity index (χ4n) is 1.94. The van der Waals surface area contributed by atoms with Crippen LogP contribution in [0.1, 0.15) is 46.0 Å². The topological polar surface area (TPSA) is 50.4 Å². The van der Waals surface area contributed by atoms with Gasteiger partial charge < -0.3 is 15.4 Å². The van der Waals surface area contributed by atoms with Gasteiger partial charge in [-0.05, 0) is 43.7 Å². The third kappa shape index (κ3) is 8.35. The number of nitrogens with one attached hydrogen (secondary N) is 2. The normalized spacial score (nSPS) is 10.4. The first-order valence-electron chi connectivity index (χ1n) is 7.99. The van der Waals surface area contributed by atoms with E-state index in [2.05, 4.69) is 24.5 Å². The molecule has 0 atom stereocenters. The maximum absolute atomic E-state index is 11.6.